The lowest BCUT2D eigenvalue weighted by molar-refractivity contribution is 0.660. The van der Waals surface area contributed by atoms with Gasteiger partial charge in [0.2, 0.25) is 0 Å². The number of nitrogens with zero attached hydrogens (tertiary/aromatic N) is 1. The maximum atomic E-state index is 2.50. The van der Waals surface area contributed by atoms with Gasteiger partial charge in [0.25, 0.3) is 0 Å². The second-order valence-electron chi connectivity index (χ2n) is 15.8. The Bertz CT molecular complexity index is 3130. The number of thiophene rings is 1. The molecule has 0 unspecified atom stereocenters. The van der Waals surface area contributed by atoms with Crippen LogP contribution in [0.25, 0.3) is 75.5 Å². The van der Waals surface area contributed by atoms with Gasteiger partial charge in [-0.25, -0.2) is 0 Å². The van der Waals surface area contributed by atoms with Gasteiger partial charge in [-0.2, -0.15) is 0 Å². The Kier molecular flexibility index (Phi) is 7.77. The Balaban J connectivity index is 1.12. The van der Waals surface area contributed by atoms with Crippen LogP contribution < -0.4 is 4.90 Å². The molecule has 0 N–H and O–H groups in total. The minimum atomic E-state index is -0.122. The van der Waals surface area contributed by atoms with Gasteiger partial charge in [-0.05, 0) is 115 Å². The Morgan fingerprint density at radius 2 is 0.982 bits per heavy atom. The number of rotatable bonds is 6. The van der Waals surface area contributed by atoms with Gasteiger partial charge in [0.15, 0.2) is 0 Å². The molecule has 0 amide bonds. The van der Waals surface area contributed by atoms with Crippen molar-refractivity contribution in [3.05, 3.63) is 211 Å². The zero-order valence-corrected chi connectivity index (χ0v) is 32.7. The molecule has 10 aromatic rings. The van der Waals surface area contributed by atoms with Gasteiger partial charge in [0.05, 0.1) is 10.4 Å². The lowest BCUT2D eigenvalue weighted by Gasteiger charge is -2.29. The maximum Gasteiger partial charge on any atom is 0.0646 e. The number of hydrogen-bond donors (Lipinski definition) is 0. The summed E-state index contributed by atoms with van der Waals surface area (Å²) in [7, 11) is 0. The molecule has 11 rings (SSSR count). The van der Waals surface area contributed by atoms with E-state index in [2.05, 4.69) is 219 Å². The van der Waals surface area contributed by atoms with E-state index in [4.69, 9.17) is 0 Å². The van der Waals surface area contributed by atoms with E-state index in [0.29, 0.717) is 0 Å². The summed E-state index contributed by atoms with van der Waals surface area (Å²) in [5, 5.41) is 5.08. The number of anilines is 3. The van der Waals surface area contributed by atoms with Crippen molar-refractivity contribution in [1.29, 1.82) is 0 Å². The van der Waals surface area contributed by atoms with E-state index >= 15 is 0 Å². The normalized spacial score (nSPS) is 12.9. The molecule has 270 valence electrons. The van der Waals surface area contributed by atoms with Crippen LogP contribution in [-0.4, -0.2) is 0 Å². The van der Waals surface area contributed by atoms with Crippen molar-refractivity contribution in [3.8, 4) is 44.5 Å². The zero-order valence-electron chi connectivity index (χ0n) is 31.9. The molecule has 9 aromatic carbocycles. The van der Waals surface area contributed by atoms with Crippen LogP contribution in [0.2, 0.25) is 0 Å². The van der Waals surface area contributed by atoms with Crippen molar-refractivity contribution in [1.82, 2.24) is 0 Å². The number of fused-ring (bicyclic) bond motifs is 7. The lowest BCUT2D eigenvalue weighted by atomic mass is 9.82. The molecule has 0 radical (unpaired) electrons. The van der Waals surface area contributed by atoms with E-state index in [0.717, 1.165) is 11.4 Å². The summed E-state index contributed by atoms with van der Waals surface area (Å²) >= 11 is 1.88. The van der Waals surface area contributed by atoms with E-state index in [1.807, 2.05) is 11.3 Å². The molecule has 0 saturated carbocycles. The molecule has 1 aliphatic rings. The highest BCUT2D eigenvalue weighted by Gasteiger charge is 2.36. The Labute approximate surface area is 337 Å². The summed E-state index contributed by atoms with van der Waals surface area (Å²) in [6.45, 7) is 4.74. The minimum Gasteiger partial charge on any atom is -0.309 e. The smallest absolute Gasteiger partial charge is 0.0646 e. The number of benzene rings is 9. The summed E-state index contributed by atoms with van der Waals surface area (Å²) in [6.07, 6.45) is 0. The van der Waals surface area contributed by atoms with Crippen LogP contribution in [0.3, 0.4) is 0 Å². The predicted octanol–water partition coefficient (Wildman–Crippen LogP) is 16.0. The molecular formula is C55H39NS. The molecular weight excluding hydrogens is 707 g/mol. The van der Waals surface area contributed by atoms with Gasteiger partial charge in [-0.1, -0.05) is 166 Å². The van der Waals surface area contributed by atoms with Gasteiger partial charge in [0.1, 0.15) is 0 Å². The van der Waals surface area contributed by atoms with Crippen molar-refractivity contribution < 1.29 is 0 Å². The summed E-state index contributed by atoms with van der Waals surface area (Å²) in [4.78, 5) is 2.50. The number of hydrogen-bond acceptors (Lipinski definition) is 2. The Hall–Kier alpha value is -6.74. The highest BCUT2D eigenvalue weighted by atomic mass is 32.1. The highest BCUT2D eigenvalue weighted by molar-refractivity contribution is 7.26. The molecule has 0 spiro atoms. The molecule has 1 aliphatic carbocycles. The van der Waals surface area contributed by atoms with E-state index in [1.165, 1.54) is 92.3 Å². The first-order valence-electron chi connectivity index (χ1n) is 19.7. The Morgan fingerprint density at radius 3 is 1.81 bits per heavy atom. The van der Waals surface area contributed by atoms with E-state index < -0.39 is 0 Å². The van der Waals surface area contributed by atoms with Crippen molar-refractivity contribution in [2.75, 3.05) is 4.90 Å². The van der Waals surface area contributed by atoms with Crippen molar-refractivity contribution >= 4 is 59.3 Å². The summed E-state index contributed by atoms with van der Waals surface area (Å²) in [5.41, 5.74) is 16.0. The quantitative estimate of drug-likeness (QED) is 0.164. The molecule has 0 aliphatic heterocycles. The largest absolute Gasteiger partial charge is 0.309 e. The third-order valence-electron chi connectivity index (χ3n) is 12.1. The van der Waals surface area contributed by atoms with Crippen molar-refractivity contribution in [2.45, 2.75) is 19.3 Å². The van der Waals surface area contributed by atoms with Crippen LogP contribution >= 0.6 is 11.3 Å². The Morgan fingerprint density at radius 1 is 0.386 bits per heavy atom. The first-order valence-corrected chi connectivity index (χ1v) is 20.6. The van der Waals surface area contributed by atoms with E-state index in [-0.39, 0.29) is 5.41 Å². The highest BCUT2D eigenvalue weighted by Crippen LogP contribution is 2.52. The summed E-state index contributed by atoms with van der Waals surface area (Å²) < 4.78 is 2.57. The molecule has 0 atom stereocenters. The fraction of sp³-hybridized carbons (Fsp3) is 0.0545. The fourth-order valence-electron chi connectivity index (χ4n) is 9.06. The molecule has 1 heterocycles. The van der Waals surface area contributed by atoms with Crippen molar-refractivity contribution in [3.63, 3.8) is 0 Å². The molecule has 0 fully saturated rings. The first-order chi connectivity index (χ1) is 28.0. The van der Waals surface area contributed by atoms with Crippen molar-refractivity contribution in [2.24, 2.45) is 0 Å². The van der Waals surface area contributed by atoms with Crippen LogP contribution in [-0.2, 0) is 5.41 Å². The van der Waals surface area contributed by atoms with Gasteiger partial charge in [-0.3, -0.25) is 0 Å². The summed E-state index contributed by atoms with van der Waals surface area (Å²) in [5.74, 6) is 0. The van der Waals surface area contributed by atoms with Crippen LogP contribution in [0.4, 0.5) is 17.1 Å². The topological polar surface area (TPSA) is 3.24 Å². The molecule has 2 heteroatoms. The summed E-state index contributed by atoms with van der Waals surface area (Å²) in [6, 6.07) is 74.0. The second-order valence-corrected chi connectivity index (χ2v) is 16.8. The maximum absolute atomic E-state index is 2.50. The molecule has 1 aromatic heterocycles. The van der Waals surface area contributed by atoms with Crippen LogP contribution in [0.1, 0.15) is 25.0 Å². The monoisotopic (exact) mass is 745 g/mol. The standard InChI is InChI=1S/C55H39NS/c1-55(2)50-18-10-8-16-46(50)47-31-30-45(35-51(47)55)56(44-28-26-39(27-29-44)42-25-24-37-14-6-7-15-41(37)32-42)52-34-43(33-49-48-17-9-11-19-53(48)57-54(49)52)40-22-20-38(21-23-40)36-12-4-3-5-13-36/h3-35H,1-2H3. The van der Waals surface area contributed by atoms with Crippen LogP contribution in [0.15, 0.2) is 200 Å². The molecule has 0 saturated heterocycles. The third kappa shape index (κ3) is 5.59. The minimum absolute atomic E-state index is 0.122. The average Bonchev–Trinajstić information content (AvgIpc) is 3.76. The van der Waals surface area contributed by atoms with Gasteiger partial charge in [-0.15, -0.1) is 11.3 Å². The lowest BCUT2D eigenvalue weighted by Crippen LogP contribution is -2.16. The van der Waals surface area contributed by atoms with Gasteiger partial charge >= 0.3 is 0 Å². The average molecular weight is 746 g/mol. The first kappa shape index (κ1) is 33.6. The zero-order chi connectivity index (χ0) is 38.1. The third-order valence-corrected chi connectivity index (χ3v) is 13.3. The van der Waals surface area contributed by atoms with Gasteiger partial charge in [0, 0.05) is 32.3 Å². The van der Waals surface area contributed by atoms with E-state index in [9.17, 15) is 0 Å². The second kappa shape index (κ2) is 13.2. The molecule has 0 bridgehead atoms. The van der Waals surface area contributed by atoms with E-state index in [1.54, 1.807) is 0 Å². The van der Waals surface area contributed by atoms with Crippen LogP contribution in [0.5, 0.6) is 0 Å². The molecule has 1 nitrogen and oxygen atoms in total. The fourth-order valence-corrected chi connectivity index (χ4v) is 10.2. The predicted molar refractivity (Wildman–Crippen MR) is 245 cm³/mol. The SMILES string of the molecule is CC1(C)c2ccccc2-c2ccc(N(c3ccc(-c4ccc5ccccc5c4)cc3)c3cc(-c4ccc(-c5ccccc5)cc4)cc4c3sc3ccccc34)cc21. The van der Waals surface area contributed by atoms with Gasteiger partial charge < -0.3 is 4.90 Å². The van der Waals surface area contributed by atoms with Crippen LogP contribution in [0, 0.1) is 0 Å². The molecule has 57 heavy (non-hydrogen) atoms.